The first-order valence-electron chi connectivity index (χ1n) is 17.9. The van der Waals surface area contributed by atoms with Gasteiger partial charge in [-0.3, -0.25) is 4.79 Å². The number of nitrogens with one attached hydrogen (secondary N) is 1. The number of hydrogen-bond donors (Lipinski definition) is 1. The van der Waals surface area contributed by atoms with Crippen molar-refractivity contribution < 1.29 is 33.3 Å². The van der Waals surface area contributed by atoms with E-state index in [0.717, 1.165) is 47.4 Å². The van der Waals surface area contributed by atoms with Crippen LogP contribution in [0.1, 0.15) is 63.1 Å². The third-order valence-corrected chi connectivity index (χ3v) is 8.97. The van der Waals surface area contributed by atoms with Crippen LogP contribution in [0.4, 0.5) is 4.79 Å². The van der Waals surface area contributed by atoms with Crippen molar-refractivity contribution >= 4 is 22.9 Å². The van der Waals surface area contributed by atoms with E-state index in [0.29, 0.717) is 52.6 Å². The summed E-state index contributed by atoms with van der Waals surface area (Å²) < 4.78 is 31.8. The zero-order valence-corrected chi connectivity index (χ0v) is 30.7. The molecule has 1 aromatic heterocycles. The summed E-state index contributed by atoms with van der Waals surface area (Å²) >= 11 is 0. The van der Waals surface area contributed by atoms with Gasteiger partial charge in [0.25, 0.3) is 0 Å². The number of nitrogens with zero attached hydrogens (tertiary/aromatic N) is 2. The Labute approximate surface area is 302 Å². The second-order valence-corrected chi connectivity index (χ2v) is 14.0. The smallest absolute Gasteiger partial charge is 0.410 e. The van der Waals surface area contributed by atoms with Gasteiger partial charge in [0.2, 0.25) is 5.91 Å². The fourth-order valence-electron chi connectivity index (χ4n) is 6.51. The number of amides is 2. The first-order valence-corrected chi connectivity index (χ1v) is 17.9. The number of likely N-dealkylation sites (tertiary alicyclic amines) is 1. The van der Waals surface area contributed by atoms with Crippen molar-refractivity contribution in [1.82, 2.24) is 14.8 Å². The molecular weight excluding hydrogens is 646 g/mol. The number of rotatable bonds is 16. The number of para-hydroxylation sites is 2. The molecule has 1 fully saturated rings. The topological polar surface area (TPSA) is 100 Å². The maximum absolute atomic E-state index is 13.1. The molecule has 2 unspecified atom stereocenters. The molecule has 1 N–H and O–H groups in total. The number of piperidine rings is 1. The average molecular weight is 700 g/mol. The molecule has 2 heterocycles. The van der Waals surface area contributed by atoms with Gasteiger partial charge in [-0.25, -0.2) is 4.79 Å². The number of carbonyl (C=O) groups excluding carboxylic acids is 2. The highest BCUT2D eigenvalue weighted by molar-refractivity contribution is 5.84. The van der Waals surface area contributed by atoms with Gasteiger partial charge in [0.15, 0.2) is 0 Å². The fourth-order valence-corrected chi connectivity index (χ4v) is 6.51. The fraction of sp³-hybridized carbons (Fsp3) is 0.463. The molecule has 1 saturated heterocycles. The lowest BCUT2D eigenvalue weighted by Crippen LogP contribution is -2.48. The lowest BCUT2D eigenvalue weighted by molar-refractivity contribution is -0.118. The summed E-state index contributed by atoms with van der Waals surface area (Å²) in [5.74, 6) is 1.72. The van der Waals surface area contributed by atoms with E-state index >= 15 is 0 Å². The Kier molecular flexibility index (Phi) is 13.4. The molecule has 2 atom stereocenters. The zero-order valence-electron chi connectivity index (χ0n) is 30.7. The Bertz CT molecular complexity index is 1710. The maximum Gasteiger partial charge on any atom is 0.410 e. The Morgan fingerprint density at radius 1 is 0.922 bits per heavy atom. The molecule has 51 heavy (non-hydrogen) atoms. The van der Waals surface area contributed by atoms with Gasteiger partial charge in [0, 0.05) is 61.6 Å². The first kappa shape index (κ1) is 37.7. The molecule has 1 aliphatic rings. The van der Waals surface area contributed by atoms with Gasteiger partial charge < -0.3 is 38.5 Å². The van der Waals surface area contributed by atoms with Crippen molar-refractivity contribution in [2.24, 2.45) is 0 Å². The lowest BCUT2D eigenvalue weighted by atomic mass is 9.87. The van der Waals surface area contributed by atoms with Crippen LogP contribution in [0.5, 0.6) is 11.5 Å². The van der Waals surface area contributed by atoms with E-state index in [-0.39, 0.29) is 24.0 Å². The minimum atomic E-state index is -0.575. The molecule has 1 aliphatic heterocycles. The van der Waals surface area contributed by atoms with E-state index < -0.39 is 5.60 Å². The van der Waals surface area contributed by atoms with Crippen LogP contribution in [0.3, 0.4) is 0 Å². The highest BCUT2D eigenvalue weighted by atomic mass is 16.6. The first-order chi connectivity index (χ1) is 24.6. The standard InChI is InChI=1S/C41H53N3O7/c1-30(45)42-21-19-32-27-43(37-13-8-7-12-35(32)37)23-26-50-39-28-44(40(46)51-41(2,3)4)22-20-36(39)31-15-17-34(18-16-31)49-25-10-24-48-29-33-11-6-9-14-38(33)47-5/h6-9,11-18,27,36,39H,10,19-26,28-29H2,1-5H3,(H,42,45). The van der Waals surface area contributed by atoms with Crippen molar-refractivity contribution in [3.63, 3.8) is 0 Å². The van der Waals surface area contributed by atoms with Crippen LogP contribution in [0.15, 0.2) is 79.0 Å². The summed E-state index contributed by atoms with van der Waals surface area (Å²) in [7, 11) is 1.67. The van der Waals surface area contributed by atoms with Crippen LogP contribution < -0.4 is 14.8 Å². The molecule has 10 heteroatoms. The Hall–Kier alpha value is -4.54. The van der Waals surface area contributed by atoms with Crippen LogP contribution in [-0.4, -0.2) is 79.7 Å². The number of methoxy groups -OCH3 is 1. The number of carbonyl (C=O) groups is 2. The van der Waals surface area contributed by atoms with Gasteiger partial charge in [-0.15, -0.1) is 0 Å². The molecule has 4 aromatic rings. The molecule has 0 saturated carbocycles. The number of hydrogen-bond acceptors (Lipinski definition) is 7. The minimum absolute atomic E-state index is 0.0288. The van der Waals surface area contributed by atoms with Gasteiger partial charge in [-0.05, 0) is 69.0 Å². The molecular formula is C41H53N3O7. The SMILES string of the molecule is COc1ccccc1COCCCOc1ccc(C2CCN(C(=O)OC(C)(C)C)CC2OCCn2cc(CCNC(C)=O)c3ccccc32)cc1. The van der Waals surface area contributed by atoms with Crippen molar-refractivity contribution in [1.29, 1.82) is 0 Å². The summed E-state index contributed by atoms with van der Waals surface area (Å²) in [5, 5.41) is 4.08. The highest BCUT2D eigenvalue weighted by Crippen LogP contribution is 2.33. The van der Waals surface area contributed by atoms with E-state index in [1.165, 1.54) is 17.9 Å². The second kappa shape index (κ2) is 18.1. The van der Waals surface area contributed by atoms with E-state index in [1.54, 1.807) is 12.0 Å². The minimum Gasteiger partial charge on any atom is -0.496 e. The molecule has 0 radical (unpaired) electrons. The van der Waals surface area contributed by atoms with Crippen molar-refractivity contribution in [2.75, 3.05) is 46.6 Å². The van der Waals surface area contributed by atoms with Crippen molar-refractivity contribution in [2.45, 2.75) is 77.7 Å². The molecule has 0 spiro atoms. The van der Waals surface area contributed by atoms with Crippen molar-refractivity contribution in [3.05, 3.63) is 95.7 Å². The van der Waals surface area contributed by atoms with Crippen molar-refractivity contribution in [3.8, 4) is 11.5 Å². The van der Waals surface area contributed by atoms with Crippen LogP contribution >= 0.6 is 0 Å². The predicted molar refractivity (Wildman–Crippen MR) is 198 cm³/mol. The quantitative estimate of drug-likeness (QED) is 0.124. The number of ether oxygens (including phenoxy) is 5. The van der Waals surface area contributed by atoms with Gasteiger partial charge in [-0.1, -0.05) is 48.5 Å². The number of fused-ring (bicyclic) bond motifs is 1. The molecule has 0 bridgehead atoms. The summed E-state index contributed by atoms with van der Waals surface area (Å²) in [6.07, 6.45) is 3.91. The predicted octanol–water partition coefficient (Wildman–Crippen LogP) is 7.12. The van der Waals surface area contributed by atoms with E-state index in [2.05, 4.69) is 40.3 Å². The Morgan fingerprint density at radius 2 is 1.69 bits per heavy atom. The Balaban J connectivity index is 1.18. The molecule has 0 aliphatic carbocycles. The summed E-state index contributed by atoms with van der Waals surface area (Å²) in [4.78, 5) is 26.3. The van der Waals surface area contributed by atoms with E-state index in [9.17, 15) is 9.59 Å². The van der Waals surface area contributed by atoms with Gasteiger partial charge in [-0.2, -0.15) is 0 Å². The number of aromatic nitrogens is 1. The molecule has 5 rings (SSSR count). The number of benzene rings is 3. The third kappa shape index (κ3) is 11.0. The average Bonchev–Trinajstić information content (AvgIpc) is 3.46. The zero-order chi connectivity index (χ0) is 36.2. The summed E-state index contributed by atoms with van der Waals surface area (Å²) in [5.41, 5.74) is 3.93. The van der Waals surface area contributed by atoms with Crippen LogP contribution in [-0.2, 0) is 38.6 Å². The van der Waals surface area contributed by atoms with E-state index in [1.807, 2.05) is 69.3 Å². The van der Waals surface area contributed by atoms with Crippen LogP contribution in [0, 0.1) is 0 Å². The molecule has 10 nitrogen and oxygen atoms in total. The van der Waals surface area contributed by atoms with Crippen LogP contribution in [0.25, 0.3) is 10.9 Å². The van der Waals surface area contributed by atoms with E-state index in [4.69, 9.17) is 23.7 Å². The van der Waals surface area contributed by atoms with Gasteiger partial charge in [0.1, 0.15) is 17.1 Å². The lowest BCUT2D eigenvalue weighted by Gasteiger charge is -2.39. The summed E-state index contributed by atoms with van der Waals surface area (Å²) in [6, 6.07) is 24.4. The molecule has 3 aromatic carbocycles. The Morgan fingerprint density at radius 3 is 2.45 bits per heavy atom. The molecule has 2 amide bonds. The third-order valence-electron chi connectivity index (χ3n) is 8.97. The second-order valence-electron chi connectivity index (χ2n) is 14.0. The monoisotopic (exact) mass is 699 g/mol. The normalized spacial score (nSPS) is 16.2. The maximum atomic E-state index is 13.1. The van der Waals surface area contributed by atoms with Crippen LogP contribution in [0.2, 0.25) is 0 Å². The largest absolute Gasteiger partial charge is 0.496 e. The summed E-state index contributed by atoms with van der Waals surface area (Å²) in [6.45, 7) is 11.6. The van der Waals surface area contributed by atoms with Gasteiger partial charge >= 0.3 is 6.09 Å². The van der Waals surface area contributed by atoms with Gasteiger partial charge in [0.05, 0.1) is 46.2 Å². The highest BCUT2D eigenvalue weighted by Gasteiger charge is 2.35. The molecule has 274 valence electrons.